The number of anilines is 1. The van der Waals surface area contributed by atoms with Gasteiger partial charge in [0.05, 0.1) is 15.5 Å². The molecule has 0 bridgehead atoms. The highest BCUT2D eigenvalue weighted by Gasteiger charge is 2.32. The molecule has 3 aliphatic rings. The molecule has 152 valence electrons. The number of amidine groups is 1. The van der Waals surface area contributed by atoms with Crippen LogP contribution >= 0.6 is 0 Å². The third-order valence-electron chi connectivity index (χ3n) is 5.08. The maximum absolute atomic E-state index is 12.8. The van der Waals surface area contributed by atoms with E-state index in [0.29, 0.717) is 0 Å². The molecule has 0 saturated carbocycles. The van der Waals surface area contributed by atoms with E-state index in [1.165, 1.54) is 0 Å². The van der Waals surface area contributed by atoms with Gasteiger partial charge in [0.25, 0.3) is 0 Å². The van der Waals surface area contributed by atoms with Crippen molar-refractivity contribution < 1.29 is 8.42 Å². The summed E-state index contributed by atoms with van der Waals surface area (Å²) < 4.78 is 25.5. The first-order valence-electron chi connectivity index (χ1n) is 9.47. The number of nitrogens with zero attached hydrogens (tertiary/aromatic N) is 2. The van der Waals surface area contributed by atoms with Crippen molar-refractivity contribution in [3.63, 3.8) is 0 Å². The first-order chi connectivity index (χ1) is 14.6. The summed E-state index contributed by atoms with van der Waals surface area (Å²) in [4.78, 5) is 7.10. The Hall–Kier alpha value is -3.56. The molecule has 2 aromatic carbocycles. The first kappa shape index (κ1) is 18.5. The number of aliphatic imine (C=N–C) groups is 1. The highest BCUT2D eigenvalue weighted by atomic mass is 32.2. The quantitative estimate of drug-likeness (QED) is 0.600. The highest BCUT2D eigenvalue weighted by Crippen LogP contribution is 2.27. The zero-order valence-electron chi connectivity index (χ0n) is 15.9. The molecule has 1 atom stereocenters. The Kier molecular flexibility index (Phi) is 4.53. The number of nitrogens with one attached hydrogen (secondary N) is 4. The van der Waals surface area contributed by atoms with E-state index in [1.54, 1.807) is 60.8 Å². The molecule has 2 aromatic rings. The lowest BCUT2D eigenvalue weighted by Crippen LogP contribution is -2.46. The number of fused-ring (bicyclic) bond motifs is 1. The number of hydrazine groups is 1. The number of hydrogen-bond donors (Lipinski definition) is 4. The lowest BCUT2D eigenvalue weighted by molar-refractivity contribution is 0.423. The average Bonchev–Trinajstić information content (AvgIpc) is 3.45. The van der Waals surface area contributed by atoms with Crippen molar-refractivity contribution in [1.82, 2.24) is 21.1 Å². The Morgan fingerprint density at radius 1 is 1.00 bits per heavy atom. The largest absolute Gasteiger partial charge is 0.363 e. The number of benzene rings is 2. The molecular formula is C21H20N6O2S. The smallest absolute Gasteiger partial charge is 0.206 e. The summed E-state index contributed by atoms with van der Waals surface area (Å²) >= 11 is 0. The van der Waals surface area contributed by atoms with Gasteiger partial charge in [0.15, 0.2) is 6.17 Å². The van der Waals surface area contributed by atoms with Gasteiger partial charge in [0.1, 0.15) is 5.84 Å². The predicted octanol–water partition coefficient (Wildman–Crippen LogP) is 1.88. The van der Waals surface area contributed by atoms with Gasteiger partial charge in [-0.3, -0.25) is 0 Å². The molecule has 0 aliphatic carbocycles. The van der Waals surface area contributed by atoms with Gasteiger partial charge in [-0.1, -0.05) is 18.2 Å². The maximum atomic E-state index is 12.8. The molecule has 5 rings (SSSR count). The van der Waals surface area contributed by atoms with Crippen LogP contribution in [0.25, 0.3) is 0 Å². The maximum Gasteiger partial charge on any atom is 0.206 e. The monoisotopic (exact) mass is 420 g/mol. The summed E-state index contributed by atoms with van der Waals surface area (Å²) in [6.07, 6.45) is 7.42. The Morgan fingerprint density at radius 2 is 1.77 bits per heavy atom. The zero-order valence-corrected chi connectivity index (χ0v) is 16.7. The lowest BCUT2D eigenvalue weighted by atomic mass is 10.2. The summed E-state index contributed by atoms with van der Waals surface area (Å²) in [5, 5.41) is 6.64. The van der Waals surface area contributed by atoms with Gasteiger partial charge in [-0.05, 0) is 36.4 Å². The SMILES string of the molecule is O=S(=O)(c1ccccc1)c1ccc(NC2=NC=CN3C(C4=CNNC4)=CNC23)cc1. The normalized spacial score (nSPS) is 19.9. The summed E-state index contributed by atoms with van der Waals surface area (Å²) in [6, 6.07) is 15.1. The molecule has 0 amide bonds. The topological polar surface area (TPSA) is 97.9 Å². The fourth-order valence-corrected chi connectivity index (χ4v) is 4.83. The lowest BCUT2D eigenvalue weighted by Gasteiger charge is -2.29. The number of sulfone groups is 1. The van der Waals surface area contributed by atoms with Crippen molar-refractivity contribution in [2.24, 2.45) is 4.99 Å². The Bertz CT molecular complexity index is 1180. The van der Waals surface area contributed by atoms with Gasteiger partial charge in [0, 0.05) is 42.6 Å². The Balaban J connectivity index is 1.32. The standard InChI is InChI=1S/C21H20N6O2S/c28-30(29,17-4-2-1-3-5-17)18-8-6-16(7-9-18)26-20-21-23-14-19(15-12-24-25-13-15)27(21)11-10-22-20/h1-12,14,21,23-25H,13H2,(H,22,26). The van der Waals surface area contributed by atoms with E-state index >= 15 is 0 Å². The van der Waals surface area contributed by atoms with Crippen molar-refractivity contribution >= 4 is 21.4 Å². The molecule has 3 heterocycles. The highest BCUT2D eigenvalue weighted by molar-refractivity contribution is 7.91. The number of rotatable bonds is 4. The molecule has 0 spiro atoms. The van der Waals surface area contributed by atoms with Crippen LogP contribution in [0.4, 0.5) is 5.69 Å². The molecule has 4 N–H and O–H groups in total. The fourth-order valence-electron chi connectivity index (χ4n) is 3.55. The van der Waals surface area contributed by atoms with Crippen LogP contribution < -0.4 is 21.5 Å². The molecule has 30 heavy (non-hydrogen) atoms. The van der Waals surface area contributed by atoms with Crippen LogP contribution in [0, 0.1) is 0 Å². The Morgan fingerprint density at radius 3 is 2.50 bits per heavy atom. The minimum Gasteiger partial charge on any atom is -0.363 e. The van der Waals surface area contributed by atoms with Crippen LogP contribution in [0.15, 0.2) is 105 Å². The fraction of sp³-hybridized carbons (Fsp3) is 0.0952. The second kappa shape index (κ2) is 7.36. The third kappa shape index (κ3) is 3.23. The van der Waals surface area contributed by atoms with Crippen LogP contribution in [-0.2, 0) is 9.84 Å². The Labute approximate surface area is 174 Å². The van der Waals surface area contributed by atoms with Crippen LogP contribution in [0.3, 0.4) is 0 Å². The van der Waals surface area contributed by atoms with Crippen molar-refractivity contribution in [2.75, 3.05) is 11.9 Å². The van der Waals surface area contributed by atoms with E-state index in [1.807, 2.05) is 18.6 Å². The van der Waals surface area contributed by atoms with Crippen molar-refractivity contribution in [3.05, 3.63) is 90.7 Å². The second-order valence-electron chi connectivity index (χ2n) is 6.95. The second-order valence-corrected chi connectivity index (χ2v) is 8.90. The van der Waals surface area contributed by atoms with Crippen LogP contribution in [-0.4, -0.2) is 31.9 Å². The van der Waals surface area contributed by atoms with E-state index < -0.39 is 9.84 Å². The summed E-state index contributed by atoms with van der Waals surface area (Å²) in [5.74, 6) is 0.724. The zero-order chi connectivity index (χ0) is 20.6. The third-order valence-corrected chi connectivity index (χ3v) is 6.87. The van der Waals surface area contributed by atoms with Crippen LogP contribution in [0.2, 0.25) is 0 Å². The molecule has 0 radical (unpaired) electrons. The van der Waals surface area contributed by atoms with Gasteiger partial charge < -0.3 is 21.0 Å². The molecule has 1 unspecified atom stereocenters. The molecule has 0 saturated heterocycles. The van der Waals surface area contributed by atoms with E-state index in [9.17, 15) is 8.42 Å². The van der Waals surface area contributed by atoms with E-state index in [-0.39, 0.29) is 16.0 Å². The first-order valence-corrected chi connectivity index (χ1v) is 11.0. The van der Waals surface area contributed by atoms with Gasteiger partial charge in [-0.25, -0.2) is 18.8 Å². The molecule has 8 nitrogen and oxygen atoms in total. The van der Waals surface area contributed by atoms with E-state index in [4.69, 9.17) is 0 Å². The van der Waals surface area contributed by atoms with Crippen molar-refractivity contribution in [1.29, 1.82) is 0 Å². The minimum absolute atomic E-state index is 0.153. The summed E-state index contributed by atoms with van der Waals surface area (Å²) in [6.45, 7) is 0.738. The van der Waals surface area contributed by atoms with E-state index in [0.717, 1.165) is 29.3 Å². The molecule has 0 aromatic heterocycles. The van der Waals surface area contributed by atoms with Gasteiger partial charge in [-0.2, -0.15) is 0 Å². The minimum atomic E-state index is -3.54. The molecular weight excluding hydrogens is 400 g/mol. The van der Waals surface area contributed by atoms with Crippen LogP contribution in [0.1, 0.15) is 0 Å². The number of hydrogen-bond acceptors (Lipinski definition) is 8. The van der Waals surface area contributed by atoms with Crippen molar-refractivity contribution in [3.8, 4) is 0 Å². The molecule has 9 heteroatoms. The summed E-state index contributed by atoms with van der Waals surface area (Å²) in [5.41, 5.74) is 9.03. The predicted molar refractivity (Wildman–Crippen MR) is 115 cm³/mol. The summed E-state index contributed by atoms with van der Waals surface area (Å²) in [7, 11) is -3.54. The van der Waals surface area contributed by atoms with E-state index in [2.05, 4.69) is 31.4 Å². The molecule has 0 fully saturated rings. The van der Waals surface area contributed by atoms with Gasteiger partial charge >= 0.3 is 0 Å². The average molecular weight is 420 g/mol. The molecule has 3 aliphatic heterocycles. The van der Waals surface area contributed by atoms with Gasteiger partial charge in [-0.15, -0.1) is 0 Å². The van der Waals surface area contributed by atoms with Crippen LogP contribution in [0.5, 0.6) is 0 Å². The van der Waals surface area contributed by atoms with Crippen molar-refractivity contribution in [2.45, 2.75) is 16.0 Å². The van der Waals surface area contributed by atoms with Gasteiger partial charge in [0.2, 0.25) is 9.84 Å².